The predicted octanol–water partition coefficient (Wildman–Crippen LogP) is 4.91. The summed E-state index contributed by atoms with van der Waals surface area (Å²) in [6, 6.07) is 10.5. The normalized spacial score (nSPS) is 16.8. The Balaban J connectivity index is 1.37. The van der Waals surface area contributed by atoms with Gasteiger partial charge in [-0.25, -0.2) is 4.39 Å². The van der Waals surface area contributed by atoms with Gasteiger partial charge in [0.25, 0.3) is 5.91 Å². The van der Waals surface area contributed by atoms with Crippen molar-refractivity contribution in [3.8, 4) is 5.75 Å². The zero-order chi connectivity index (χ0) is 22.8. The van der Waals surface area contributed by atoms with Gasteiger partial charge in [-0.2, -0.15) is 0 Å². The lowest BCUT2D eigenvalue weighted by atomic mass is 10.1. The van der Waals surface area contributed by atoms with E-state index in [-0.39, 0.29) is 24.1 Å². The fraction of sp³-hybridized carbons (Fsp3) is 0.238. The molecule has 0 spiro atoms. The van der Waals surface area contributed by atoms with E-state index in [0.717, 1.165) is 0 Å². The molecule has 0 aliphatic carbocycles. The molecule has 32 heavy (non-hydrogen) atoms. The molecule has 0 radical (unpaired) electrons. The van der Waals surface area contributed by atoms with Crippen molar-refractivity contribution in [2.24, 2.45) is 0 Å². The maximum Gasteiger partial charge on any atom is 0.266 e. The second-order valence-corrected chi connectivity index (χ2v) is 9.00. The Morgan fingerprint density at radius 1 is 1.25 bits per heavy atom. The van der Waals surface area contributed by atoms with Gasteiger partial charge in [0.05, 0.1) is 5.02 Å². The van der Waals surface area contributed by atoms with Crippen molar-refractivity contribution < 1.29 is 18.7 Å². The molecule has 11 heteroatoms. The first kappa shape index (κ1) is 22.4. The summed E-state index contributed by atoms with van der Waals surface area (Å²) in [6.45, 7) is 1.99. The number of hydrogen-bond acceptors (Lipinski definition) is 6. The first-order valence-corrected chi connectivity index (χ1v) is 11.2. The van der Waals surface area contributed by atoms with Crippen molar-refractivity contribution in [1.29, 1.82) is 0 Å². The van der Waals surface area contributed by atoms with Crippen LogP contribution in [0.15, 0.2) is 42.5 Å². The number of amides is 2. The molecule has 3 aromatic rings. The minimum atomic E-state index is -0.844. The van der Waals surface area contributed by atoms with E-state index in [1.54, 1.807) is 36.1 Å². The molecule has 1 aliphatic heterocycles. The molecule has 2 unspecified atom stereocenters. The van der Waals surface area contributed by atoms with Gasteiger partial charge >= 0.3 is 0 Å². The maximum atomic E-state index is 13.2. The largest absolute Gasteiger partial charge is 0.479 e. The highest BCUT2D eigenvalue weighted by Crippen LogP contribution is 2.34. The molecule has 2 amide bonds. The van der Waals surface area contributed by atoms with E-state index in [1.165, 1.54) is 29.5 Å². The van der Waals surface area contributed by atoms with Gasteiger partial charge in [-0.15, -0.1) is 10.2 Å². The molecule has 0 bridgehead atoms. The van der Waals surface area contributed by atoms with E-state index in [4.69, 9.17) is 27.9 Å². The summed E-state index contributed by atoms with van der Waals surface area (Å²) in [4.78, 5) is 26.5. The van der Waals surface area contributed by atoms with Crippen molar-refractivity contribution >= 4 is 57.2 Å². The maximum absolute atomic E-state index is 13.2. The van der Waals surface area contributed by atoms with Crippen LogP contribution in [0.5, 0.6) is 5.75 Å². The summed E-state index contributed by atoms with van der Waals surface area (Å²) in [5.74, 6) is -0.698. The van der Waals surface area contributed by atoms with E-state index in [1.807, 2.05) is 0 Å². The van der Waals surface area contributed by atoms with Crippen LogP contribution < -0.4 is 15.0 Å². The highest BCUT2D eigenvalue weighted by atomic mass is 35.5. The van der Waals surface area contributed by atoms with Crippen molar-refractivity contribution in [1.82, 2.24) is 10.2 Å². The number of halogens is 3. The highest BCUT2D eigenvalue weighted by Gasteiger charge is 2.34. The fourth-order valence-electron chi connectivity index (χ4n) is 3.22. The van der Waals surface area contributed by atoms with Gasteiger partial charge in [0, 0.05) is 29.6 Å². The summed E-state index contributed by atoms with van der Waals surface area (Å²) in [7, 11) is 0. The van der Waals surface area contributed by atoms with Crippen molar-refractivity contribution in [2.45, 2.75) is 25.4 Å². The van der Waals surface area contributed by atoms with Crippen LogP contribution in [0.2, 0.25) is 10.0 Å². The third-order valence-electron chi connectivity index (χ3n) is 4.85. The lowest BCUT2D eigenvalue weighted by Crippen LogP contribution is -2.30. The minimum Gasteiger partial charge on any atom is -0.479 e. The van der Waals surface area contributed by atoms with E-state index < -0.39 is 12.0 Å². The Hall–Kier alpha value is -2.75. The predicted molar refractivity (Wildman–Crippen MR) is 121 cm³/mol. The SMILES string of the molecule is CC(Oc1ccc(Cl)cc1Cl)C(=O)Nc1nnc(C2CC(=O)N(c3ccc(F)cc3)C2)s1. The fourth-order valence-corrected chi connectivity index (χ4v) is 4.51. The monoisotopic (exact) mass is 494 g/mol. The summed E-state index contributed by atoms with van der Waals surface area (Å²) < 4.78 is 18.8. The minimum absolute atomic E-state index is 0.0794. The van der Waals surface area contributed by atoms with Crippen LogP contribution >= 0.6 is 34.5 Å². The highest BCUT2D eigenvalue weighted by molar-refractivity contribution is 7.15. The van der Waals surface area contributed by atoms with E-state index in [2.05, 4.69) is 15.5 Å². The van der Waals surface area contributed by atoms with Gasteiger partial charge in [-0.1, -0.05) is 34.5 Å². The van der Waals surface area contributed by atoms with Crippen LogP contribution in [0.3, 0.4) is 0 Å². The quantitative estimate of drug-likeness (QED) is 0.526. The molecule has 1 fully saturated rings. The molecular weight excluding hydrogens is 478 g/mol. The molecule has 4 rings (SSSR count). The molecule has 1 aliphatic rings. The number of anilines is 2. The Morgan fingerprint density at radius 2 is 2.00 bits per heavy atom. The molecular formula is C21H17Cl2FN4O3S. The van der Waals surface area contributed by atoms with Gasteiger partial charge in [0.1, 0.15) is 16.6 Å². The van der Waals surface area contributed by atoms with Gasteiger partial charge in [0.15, 0.2) is 6.10 Å². The Kier molecular flexibility index (Phi) is 6.59. The zero-order valence-electron chi connectivity index (χ0n) is 16.7. The summed E-state index contributed by atoms with van der Waals surface area (Å²) in [5.41, 5.74) is 0.628. The van der Waals surface area contributed by atoms with Crippen LogP contribution in [0.25, 0.3) is 0 Å². The molecule has 1 aromatic heterocycles. The van der Waals surface area contributed by atoms with E-state index in [0.29, 0.717) is 38.2 Å². The second-order valence-electron chi connectivity index (χ2n) is 7.15. The van der Waals surface area contributed by atoms with Crippen LogP contribution in [-0.2, 0) is 9.59 Å². The van der Waals surface area contributed by atoms with Crippen molar-refractivity contribution in [3.63, 3.8) is 0 Å². The van der Waals surface area contributed by atoms with Gasteiger partial charge in [-0.05, 0) is 49.4 Å². The summed E-state index contributed by atoms with van der Waals surface area (Å²) in [6.07, 6.45) is -0.586. The van der Waals surface area contributed by atoms with Crippen LogP contribution in [0.1, 0.15) is 24.3 Å². The molecule has 2 aromatic carbocycles. The number of hydrogen-bond donors (Lipinski definition) is 1. The van der Waals surface area contributed by atoms with Crippen molar-refractivity contribution in [3.05, 3.63) is 63.3 Å². The molecule has 0 saturated carbocycles. The standard InChI is InChI=1S/C21H17Cl2FN4O3S/c1-11(31-17-7-2-13(22)9-16(17)23)19(30)25-21-27-26-20(32-21)12-8-18(29)28(10-12)15-5-3-14(24)4-6-15/h2-7,9,11-12H,8,10H2,1H3,(H,25,27,30). The number of nitrogens with one attached hydrogen (secondary N) is 1. The van der Waals surface area contributed by atoms with Crippen molar-refractivity contribution in [2.75, 3.05) is 16.8 Å². The van der Waals surface area contributed by atoms with E-state index in [9.17, 15) is 14.0 Å². The third-order valence-corrected chi connectivity index (χ3v) is 6.38. The first-order chi connectivity index (χ1) is 15.3. The first-order valence-electron chi connectivity index (χ1n) is 9.62. The number of carbonyl (C=O) groups excluding carboxylic acids is 2. The molecule has 7 nitrogen and oxygen atoms in total. The Labute approximate surface area is 197 Å². The topological polar surface area (TPSA) is 84.4 Å². The van der Waals surface area contributed by atoms with Gasteiger partial charge < -0.3 is 9.64 Å². The number of carbonyl (C=O) groups is 2. The lowest BCUT2D eigenvalue weighted by Gasteiger charge is -2.16. The van der Waals surface area contributed by atoms with Crippen LogP contribution in [-0.4, -0.2) is 34.7 Å². The molecule has 2 heterocycles. The van der Waals surface area contributed by atoms with Crippen LogP contribution in [0, 0.1) is 5.82 Å². The number of rotatable bonds is 6. The van der Waals surface area contributed by atoms with E-state index >= 15 is 0 Å². The average Bonchev–Trinajstić information content (AvgIpc) is 3.37. The Morgan fingerprint density at radius 3 is 2.72 bits per heavy atom. The second kappa shape index (κ2) is 9.40. The third kappa shape index (κ3) is 5.01. The molecule has 166 valence electrons. The smallest absolute Gasteiger partial charge is 0.266 e. The van der Waals surface area contributed by atoms with Gasteiger partial charge in [-0.3, -0.25) is 14.9 Å². The summed E-state index contributed by atoms with van der Waals surface area (Å²) in [5, 5.41) is 12.5. The lowest BCUT2D eigenvalue weighted by molar-refractivity contribution is -0.122. The molecule has 2 atom stereocenters. The number of aromatic nitrogens is 2. The Bertz CT molecular complexity index is 1160. The summed E-state index contributed by atoms with van der Waals surface area (Å²) >= 11 is 13.1. The van der Waals surface area contributed by atoms with Gasteiger partial charge in [0.2, 0.25) is 11.0 Å². The average molecular weight is 495 g/mol. The number of nitrogens with zero attached hydrogens (tertiary/aromatic N) is 3. The zero-order valence-corrected chi connectivity index (χ0v) is 19.0. The molecule has 1 N–H and O–H groups in total. The molecule has 1 saturated heterocycles. The number of ether oxygens (including phenoxy) is 1. The number of benzene rings is 2. The van der Waals surface area contributed by atoms with Crippen LogP contribution in [0.4, 0.5) is 15.2 Å².